The number of carbonyl (C=O) groups excluding carboxylic acids is 1. The first kappa shape index (κ1) is 19.5. The van der Waals surface area contributed by atoms with Crippen LogP contribution in [0.3, 0.4) is 0 Å². The van der Waals surface area contributed by atoms with Crippen molar-refractivity contribution in [2.24, 2.45) is 0 Å². The number of ether oxygens (including phenoxy) is 2. The number of benzene rings is 3. The van der Waals surface area contributed by atoms with Crippen LogP contribution in [0.15, 0.2) is 60.7 Å². The number of urea groups is 1. The van der Waals surface area contributed by atoms with Crippen molar-refractivity contribution in [2.75, 3.05) is 20.8 Å². The Hall–Kier alpha value is -3.25. The van der Waals surface area contributed by atoms with Gasteiger partial charge in [-0.1, -0.05) is 48.5 Å². The number of aliphatic hydroxyl groups excluding tert-OH is 1. The molecule has 0 aliphatic heterocycles. The molecule has 6 nitrogen and oxygen atoms in total. The zero-order valence-corrected chi connectivity index (χ0v) is 15.9. The predicted molar refractivity (Wildman–Crippen MR) is 109 cm³/mol. The van der Waals surface area contributed by atoms with Crippen molar-refractivity contribution in [1.82, 2.24) is 10.6 Å². The smallest absolute Gasteiger partial charge is 0.315 e. The van der Waals surface area contributed by atoms with E-state index in [-0.39, 0.29) is 12.6 Å². The van der Waals surface area contributed by atoms with Crippen molar-refractivity contribution in [1.29, 1.82) is 0 Å². The van der Waals surface area contributed by atoms with E-state index in [4.69, 9.17) is 9.47 Å². The normalized spacial score (nSPS) is 11.7. The van der Waals surface area contributed by atoms with Crippen molar-refractivity contribution in [2.45, 2.75) is 12.6 Å². The number of fused-ring (bicyclic) bond motifs is 1. The van der Waals surface area contributed by atoms with Gasteiger partial charge in [-0.25, -0.2) is 4.79 Å². The third-order valence-electron chi connectivity index (χ3n) is 4.54. The minimum atomic E-state index is -0.794. The largest absolute Gasteiger partial charge is 0.493 e. The monoisotopic (exact) mass is 380 g/mol. The molecule has 3 N–H and O–H groups in total. The number of methoxy groups -OCH3 is 2. The van der Waals surface area contributed by atoms with Gasteiger partial charge in [-0.05, 0) is 34.0 Å². The number of amides is 2. The van der Waals surface area contributed by atoms with Crippen LogP contribution < -0.4 is 20.1 Å². The van der Waals surface area contributed by atoms with Crippen LogP contribution in [-0.4, -0.2) is 31.9 Å². The van der Waals surface area contributed by atoms with E-state index in [2.05, 4.69) is 10.6 Å². The van der Waals surface area contributed by atoms with E-state index in [1.54, 1.807) is 20.3 Å². The molecule has 0 heterocycles. The third-order valence-corrected chi connectivity index (χ3v) is 4.54. The van der Waals surface area contributed by atoms with Gasteiger partial charge in [0, 0.05) is 13.1 Å². The van der Waals surface area contributed by atoms with Crippen LogP contribution in [0.25, 0.3) is 10.8 Å². The van der Waals surface area contributed by atoms with E-state index >= 15 is 0 Å². The van der Waals surface area contributed by atoms with E-state index < -0.39 is 6.10 Å². The molecule has 0 saturated heterocycles. The van der Waals surface area contributed by atoms with Crippen LogP contribution in [0.1, 0.15) is 17.2 Å². The van der Waals surface area contributed by atoms with Gasteiger partial charge in [-0.2, -0.15) is 0 Å². The summed E-state index contributed by atoms with van der Waals surface area (Å²) in [6.07, 6.45) is -0.794. The predicted octanol–water partition coefficient (Wildman–Crippen LogP) is 3.39. The first-order valence-electron chi connectivity index (χ1n) is 9.00. The van der Waals surface area contributed by atoms with Gasteiger partial charge in [0.2, 0.25) is 0 Å². The molecular weight excluding hydrogens is 356 g/mol. The molecule has 0 aliphatic carbocycles. The number of aliphatic hydroxyl groups is 1. The van der Waals surface area contributed by atoms with Crippen LogP contribution in [0.4, 0.5) is 4.79 Å². The molecule has 3 aromatic rings. The van der Waals surface area contributed by atoms with Gasteiger partial charge >= 0.3 is 6.03 Å². The van der Waals surface area contributed by atoms with Crippen LogP contribution in [-0.2, 0) is 6.54 Å². The maximum absolute atomic E-state index is 12.1. The van der Waals surface area contributed by atoms with Crippen molar-refractivity contribution >= 4 is 16.8 Å². The highest BCUT2D eigenvalue weighted by Crippen LogP contribution is 2.27. The topological polar surface area (TPSA) is 79.8 Å². The van der Waals surface area contributed by atoms with Crippen LogP contribution in [0.5, 0.6) is 11.5 Å². The Morgan fingerprint density at radius 2 is 1.71 bits per heavy atom. The molecule has 0 bridgehead atoms. The Morgan fingerprint density at radius 1 is 0.964 bits per heavy atom. The van der Waals surface area contributed by atoms with Gasteiger partial charge in [0.25, 0.3) is 0 Å². The molecule has 1 atom stereocenters. The number of hydrogen-bond donors (Lipinski definition) is 3. The highest BCUT2D eigenvalue weighted by molar-refractivity contribution is 5.86. The zero-order valence-electron chi connectivity index (χ0n) is 15.9. The van der Waals surface area contributed by atoms with E-state index in [0.717, 1.165) is 21.9 Å². The Morgan fingerprint density at radius 3 is 2.50 bits per heavy atom. The maximum Gasteiger partial charge on any atom is 0.315 e. The second kappa shape index (κ2) is 9.10. The average molecular weight is 380 g/mol. The summed E-state index contributed by atoms with van der Waals surface area (Å²) in [7, 11) is 3.14. The molecule has 3 aromatic carbocycles. The summed E-state index contributed by atoms with van der Waals surface area (Å²) in [5.41, 5.74) is 1.67. The molecule has 28 heavy (non-hydrogen) atoms. The van der Waals surface area contributed by atoms with E-state index in [1.807, 2.05) is 54.6 Å². The molecule has 0 radical (unpaired) electrons. The zero-order chi connectivity index (χ0) is 19.9. The van der Waals surface area contributed by atoms with Crippen LogP contribution in [0.2, 0.25) is 0 Å². The Bertz CT molecular complexity index is 953. The molecule has 3 rings (SSSR count). The molecular formula is C22H24N2O4. The first-order valence-corrected chi connectivity index (χ1v) is 9.00. The molecule has 0 unspecified atom stereocenters. The van der Waals surface area contributed by atoms with Crippen molar-refractivity contribution < 1.29 is 19.4 Å². The Labute approximate surface area is 164 Å². The molecule has 2 amide bonds. The summed E-state index contributed by atoms with van der Waals surface area (Å²) in [6, 6.07) is 18.7. The van der Waals surface area contributed by atoms with Gasteiger partial charge in [0.15, 0.2) is 11.5 Å². The number of nitrogens with one attached hydrogen (secondary N) is 2. The summed E-state index contributed by atoms with van der Waals surface area (Å²) in [4.78, 5) is 12.1. The van der Waals surface area contributed by atoms with Crippen LogP contribution >= 0.6 is 0 Å². The lowest BCUT2D eigenvalue weighted by Gasteiger charge is -2.15. The van der Waals surface area contributed by atoms with E-state index in [9.17, 15) is 9.90 Å². The Balaban J connectivity index is 1.55. The molecule has 146 valence electrons. The summed E-state index contributed by atoms with van der Waals surface area (Å²) in [5.74, 6) is 1.24. The highest BCUT2D eigenvalue weighted by atomic mass is 16.5. The summed E-state index contributed by atoms with van der Waals surface area (Å²) in [6.45, 7) is 0.447. The van der Waals surface area contributed by atoms with Crippen molar-refractivity contribution in [3.05, 3.63) is 71.8 Å². The van der Waals surface area contributed by atoms with Gasteiger partial charge < -0.3 is 25.2 Å². The van der Waals surface area contributed by atoms with E-state index in [0.29, 0.717) is 18.0 Å². The minimum absolute atomic E-state index is 0.117. The van der Waals surface area contributed by atoms with Gasteiger partial charge in [-0.15, -0.1) is 0 Å². The number of hydrogen-bond acceptors (Lipinski definition) is 4. The lowest BCUT2D eigenvalue weighted by atomic mass is 10.0. The average Bonchev–Trinajstić information content (AvgIpc) is 2.75. The molecule has 6 heteroatoms. The number of rotatable bonds is 7. The molecule has 0 aliphatic rings. The lowest BCUT2D eigenvalue weighted by Crippen LogP contribution is -2.37. The van der Waals surface area contributed by atoms with Crippen molar-refractivity contribution in [3.63, 3.8) is 0 Å². The molecule has 0 aromatic heterocycles. The molecule has 0 fully saturated rings. The van der Waals surface area contributed by atoms with Crippen LogP contribution in [0, 0.1) is 0 Å². The summed E-state index contributed by atoms with van der Waals surface area (Å²) >= 11 is 0. The Kier molecular flexibility index (Phi) is 6.34. The molecule has 0 saturated carbocycles. The van der Waals surface area contributed by atoms with Gasteiger partial charge in [0.05, 0.1) is 20.3 Å². The minimum Gasteiger partial charge on any atom is -0.493 e. The quantitative estimate of drug-likeness (QED) is 0.587. The van der Waals surface area contributed by atoms with Crippen molar-refractivity contribution in [3.8, 4) is 11.5 Å². The van der Waals surface area contributed by atoms with E-state index in [1.165, 1.54) is 0 Å². The standard InChI is InChI=1S/C22H24N2O4/c1-27-20-11-10-15(12-21(20)28-2)13-23-22(26)24-14-19(25)18-9-5-7-16-6-3-4-8-17(16)18/h3-12,19,25H,13-14H2,1-2H3,(H2,23,24,26)/t19-/m1/s1. The molecule has 0 spiro atoms. The fourth-order valence-corrected chi connectivity index (χ4v) is 3.08. The SMILES string of the molecule is COc1ccc(CNC(=O)NC[C@@H](O)c2cccc3ccccc23)cc1OC. The van der Waals surface area contributed by atoms with Gasteiger partial charge in [0.1, 0.15) is 0 Å². The first-order chi connectivity index (χ1) is 13.6. The van der Waals surface area contributed by atoms with Gasteiger partial charge in [-0.3, -0.25) is 0 Å². The summed E-state index contributed by atoms with van der Waals surface area (Å²) < 4.78 is 10.5. The highest BCUT2D eigenvalue weighted by Gasteiger charge is 2.12. The second-order valence-corrected chi connectivity index (χ2v) is 6.34. The summed E-state index contributed by atoms with van der Waals surface area (Å²) in [5, 5.41) is 18.0. The maximum atomic E-state index is 12.1. The number of carbonyl (C=O) groups is 1. The fraction of sp³-hybridized carbons (Fsp3) is 0.227. The second-order valence-electron chi connectivity index (χ2n) is 6.34. The lowest BCUT2D eigenvalue weighted by molar-refractivity contribution is 0.174. The third kappa shape index (κ3) is 4.53. The fourth-order valence-electron chi connectivity index (χ4n) is 3.08.